The highest BCUT2D eigenvalue weighted by molar-refractivity contribution is 5.66. The molecule has 0 aliphatic heterocycles. The Bertz CT molecular complexity index is 944. The molecule has 0 radical (unpaired) electrons. The van der Waals surface area contributed by atoms with Gasteiger partial charge >= 0.3 is 0 Å². The van der Waals surface area contributed by atoms with Gasteiger partial charge in [0.05, 0.1) is 46.2 Å². The topological polar surface area (TPSA) is 57.2 Å². The molecule has 3 rings (SSSR count). The quantitative estimate of drug-likeness (QED) is 0.229. The maximum absolute atomic E-state index is 15.0. The lowest BCUT2D eigenvalue weighted by Crippen LogP contribution is -2.36. The second-order valence-electron chi connectivity index (χ2n) is 10.1. The summed E-state index contributed by atoms with van der Waals surface area (Å²) in [6.45, 7) is 6.78. The number of rotatable bonds is 17. The summed E-state index contributed by atoms with van der Waals surface area (Å²) in [7, 11) is 0. The molecular formula is C31H44F2O5. The van der Waals surface area contributed by atoms with E-state index in [0.29, 0.717) is 44.5 Å². The van der Waals surface area contributed by atoms with Gasteiger partial charge in [0, 0.05) is 5.56 Å². The van der Waals surface area contributed by atoms with Gasteiger partial charge in [-0.1, -0.05) is 70.2 Å². The van der Waals surface area contributed by atoms with Crippen LogP contribution in [0, 0.1) is 17.6 Å². The Morgan fingerprint density at radius 2 is 1.39 bits per heavy atom. The smallest absolute Gasteiger partial charge is 0.201 e. The van der Waals surface area contributed by atoms with Gasteiger partial charge in [0.15, 0.2) is 11.6 Å². The first-order valence-corrected chi connectivity index (χ1v) is 14.1. The summed E-state index contributed by atoms with van der Waals surface area (Å²) < 4.78 is 51.0. The van der Waals surface area contributed by atoms with Gasteiger partial charge in [0.2, 0.25) is 5.82 Å². The first-order valence-electron chi connectivity index (χ1n) is 14.1. The van der Waals surface area contributed by atoms with Crippen LogP contribution < -0.4 is 4.74 Å². The van der Waals surface area contributed by atoms with Crippen molar-refractivity contribution in [2.45, 2.75) is 64.2 Å². The number of hydrogen-bond acceptors (Lipinski definition) is 5. The molecule has 0 saturated heterocycles. The summed E-state index contributed by atoms with van der Waals surface area (Å²) in [5.41, 5.74) is 2.40. The van der Waals surface area contributed by atoms with Crippen LogP contribution in [-0.4, -0.2) is 58.0 Å². The maximum Gasteiger partial charge on any atom is 0.201 e. The molecular weight excluding hydrogens is 490 g/mol. The zero-order valence-corrected chi connectivity index (χ0v) is 23.0. The van der Waals surface area contributed by atoms with Crippen molar-refractivity contribution in [1.29, 1.82) is 0 Å². The summed E-state index contributed by atoms with van der Waals surface area (Å²) in [5, 5.41) is 8.62. The molecule has 0 bridgehead atoms. The molecule has 1 fully saturated rings. The fourth-order valence-corrected chi connectivity index (χ4v) is 5.62. The summed E-state index contributed by atoms with van der Waals surface area (Å²) in [6.07, 6.45) is 8.54. The van der Waals surface area contributed by atoms with Crippen LogP contribution in [0.5, 0.6) is 5.75 Å². The number of halogens is 2. The van der Waals surface area contributed by atoms with Crippen LogP contribution in [0.15, 0.2) is 36.4 Å². The highest BCUT2D eigenvalue weighted by Crippen LogP contribution is 2.47. The van der Waals surface area contributed by atoms with Crippen LogP contribution in [0.25, 0.3) is 11.1 Å². The van der Waals surface area contributed by atoms with Gasteiger partial charge in [0.25, 0.3) is 0 Å². The monoisotopic (exact) mass is 534 g/mol. The lowest BCUT2D eigenvalue weighted by Gasteiger charge is -2.43. The van der Waals surface area contributed by atoms with Gasteiger partial charge in [-0.2, -0.15) is 4.39 Å². The Morgan fingerprint density at radius 1 is 0.789 bits per heavy atom. The Hall–Kier alpha value is -2.06. The summed E-state index contributed by atoms with van der Waals surface area (Å²) in [5.74, 6) is -1.42. The van der Waals surface area contributed by atoms with Crippen molar-refractivity contribution in [3.05, 3.63) is 53.6 Å². The molecule has 212 valence electrons. The Labute approximate surface area is 226 Å². The van der Waals surface area contributed by atoms with E-state index in [1.54, 1.807) is 6.07 Å². The van der Waals surface area contributed by atoms with Crippen LogP contribution in [0.1, 0.15) is 64.4 Å². The van der Waals surface area contributed by atoms with Gasteiger partial charge in [-0.05, 0) is 47.4 Å². The highest BCUT2D eigenvalue weighted by atomic mass is 19.2. The minimum Gasteiger partial charge on any atom is -0.488 e. The van der Waals surface area contributed by atoms with Crippen molar-refractivity contribution in [2.75, 3.05) is 52.9 Å². The molecule has 0 amide bonds. The van der Waals surface area contributed by atoms with E-state index >= 15 is 4.39 Å². The Morgan fingerprint density at radius 3 is 2.00 bits per heavy atom. The average Bonchev–Trinajstić information content (AvgIpc) is 2.94. The molecule has 1 N–H and O–H groups in total. The molecule has 7 heteroatoms. The van der Waals surface area contributed by atoms with E-state index in [4.69, 9.17) is 24.1 Å². The number of aliphatic hydroxyl groups excluding tert-OH is 1. The van der Waals surface area contributed by atoms with E-state index < -0.39 is 11.6 Å². The molecule has 1 unspecified atom stereocenters. The van der Waals surface area contributed by atoms with E-state index in [0.717, 1.165) is 0 Å². The molecule has 5 nitrogen and oxygen atoms in total. The summed E-state index contributed by atoms with van der Waals surface area (Å²) in [6, 6.07) is 11.2. The van der Waals surface area contributed by atoms with E-state index in [-0.39, 0.29) is 36.5 Å². The minimum atomic E-state index is -0.988. The van der Waals surface area contributed by atoms with Crippen LogP contribution >= 0.6 is 0 Å². The van der Waals surface area contributed by atoms with Crippen molar-refractivity contribution in [3.8, 4) is 16.9 Å². The molecule has 0 heterocycles. The van der Waals surface area contributed by atoms with Crippen molar-refractivity contribution >= 4 is 0 Å². The molecule has 38 heavy (non-hydrogen) atoms. The number of hydrogen-bond donors (Lipinski definition) is 1. The third-order valence-corrected chi connectivity index (χ3v) is 7.69. The van der Waals surface area contributed by atoms with Crippen LogP contribution in [0.4, 0.5) is 8.78 Å². The van der Waals surface area contributed by atoms with Gasteiger partial charge in [-0.25, -0.2) is 4.39 Å². The van der Waals surface area contributed by atoms with Crippen LogP contribution in [0.3, 0.4) is 0 Å². The molecule has 0 spiro atoms. The van der Waals surface area contributed by atoms with Crippen LogP contribution in [-0.2, 0) is 19.6 Å². The van der Waals surface area contributed by atoms with Gasteiger partial charge in [0.1, 0.15) is 6.61 Å². The van der Waals surface area contributed by atoms with Crippen molar-refractivity contribution in [3.63, 3.8) is 0 Å². The first-order chi connectivity index (χ1) is 18.5. The number of aliphatic hydroxyl groups is 1. The third kappa shape index (κ3) is 8.22. The second kappa shape index (κ2) is 16.1. The molecule has 1 atom stereocenters. The molecule has 0 aromatic heterocycles. The zero-order valence-electron chi connectivity index (χ0n) is 23.0. The highest BCUT2D eigenvalue weighted by Gasteiger charge is 2.38. The SMILES string of the molecule is CCCC(C)C1(c2ccc(-c3ccc(OCCOCCOCCOCCO)c(F)c3F)cc2)CCCCC1. The van der Waals surface area contributed by atoms with Crippen LogP contribution in [0.2, 0.25) is 0 Å². The molecule has 2 aromatic rings. The van der Waals surface area contributed by atoms with Crippen molar-refractivity contribution in [1.82, 2.24) is 0 Å². The molecule has 1 aliphatic carbocycles. The van der Waals surface area contributed by atoms with E-state index in [2.05, 4.69) is 26.0 Å². The fourth-order valence-electron chi connectivity index (χ4n) is 5.62. The Kier molecular flexibility index (Phi) is 12.9. The lowest BCUT2D eigenvalue weighted by atomic mass is 9.61. The normalized spacial score (nSPS) is 15.9. The molecule has 1 aliphatic rings. The molecule has 2 aromatic carbocycles. The zero-order chi connectivity index (χ0) is 27.2. The van der Waals surface area contributed by atoms with E-state index in [1.807, 2.05) is 12.1 Å². The van der Waals surface area contributed by atoms with E-state index in [9.17, 15) is 4.39 Å². The first kappa shape index (κ1) is 30.5. The Balaban J connectivity index is 1.53. The summed E-state index contributed by atoms with van der Waals surface area (Å²) >= 11 is 0. The third-order valence-electron chi connectivity index (χ3n) is 7.69. The predicted molar refractivity (Wildman–Crippen MR) is 146 cm³/mol. The largest absolute Gasteiger partial charge is 0.488 e. The second-order valence-corrected chi connectivity index (χ2v) is 10.1. The maximum atomic E-state index is 15.0. The van der Waals surface area contributed by atoms with Gasteiger partial charge in [-0.15, -0.1) is 0 Å². The molecule has 1 saturated carbocycles. The van der Waals surface area contributed by atoms with E-state index in [1.165, 1.54) is 56.6 Å². The summed E-state index contributed by atoms with van der Waals surface area (Å²) in [4.78, 5) is 0. The van der Waals surface area contributed by atoms with Crippen molar-refractivity contribution < 1.29 is 32.8 Å². The predicted octanol–water partition coefficient (Wildman–Crippen LogP) is 6.69. The number of benzene rings is 2. The van der Waals surface area contributed by atoms with Gasteiger partial charge in [-0.3, -0.25) is 0 Å². The minimum absolute atomic E-state index is 0.0113. The standard InChI is InChI=1S/C31H44F2O5/c1-3-7-24(2)31(14-5-4-6-15-31)26-10-8-25(9-11-26)27-12-13-28(30(33)29(27)32)38-23-22-37-21-20-36-19-18-35-17-16-34/h8-13,24,34H,3-7,14-23H2,1-2H3. The number of ether oxygens (including phenoxy) is 4. The average molecular weight is 535 g/mol. The fraction of sp³-hybridized carbons (Fsp3) is 0.613. The van der Waals surface area contributed by atoms with Crippen molar-refractivity contribution in [2.24, 2.45) is 5.92 Å². The lowest BCUT2D eigenvalue weighted by molar-refractivity contribution is 0.00343. The van der Waals surface area contributed by atoms with Gasteiger partial charge < -0.3 is 24.1 Å².